The number of hydrogen-bond donors (Lipinski definition) is 2. The average Bonchev–Trinajstić information content (AvgIpc) is 2.74. The highest BCUT2D eigenvalue weighted by atomic mass is 16.5. The topological polar surface area (TPSA) is 68.8 Å². The van der Waals surface area contributed by atoms with Crippen LogP contribution in [0.5, 0.6) is 23.0 Å². The lowest BCUT2D eigenvalue weighted by atomic mass is 10.2. The maximum atomic E-state index is 12.2. The fraction of sp³-hybridized carbons (Fsp3) is 0.136. The van der Waals surface area contributed by atoms with E-state index < -0.39 is 0 Å². The van der Waals surface area contributed by atoms with Gasteiger partial charge in [0.05, 0.1) is 26.5 Å². The van der Waals surface area contributed by atoms with E-state index in [4.69, 9.17) is 14.2 Å². The quantitative estimate of drug-likeness (QED) is 0.602. The molecule has 2 N–H and O–H groups in total. The average molecular weight is 378 g/mol. The molecule has 0 aliphatic carbocycles. The van der Waals surface area contributed by atoms with Crippen LogP contribution in [0.2, 0.25) is 0 Å². The third-order valence-electron chi connectivity index (χ3n) is 3.96. The summed E-state index contributed by atoms with van der Waals surface area (Å²) in [6.45, 7) is 0.0891. The first-order chi connectivity index (χ1) is 13.7. The zero-order chi connectivity index (χ0) is 19.8. The van der Waals surface area contributed by atoms with E-state index in [1.165, 1.54) is 0 Å². The lowest BCUT2D eigenvalue weighted by Gasteiger charge is -2.13. The van der Waals surface area contributed by atoms with E-state index in [-0.39, 0.29) is 12.5 Å². The molecule has 0 bridgehead atoms. The Hall–Kier alpha value is -3.67. The van der Waals surface area contributed by atoms with Crippen LogP contribution in [0.3, 0.4) is 0 Å². The number of amides is 1. The second-order valence-electron chi connectivity index (χ2n) is 5.91. The highest BCUT2D eigenvalue weighted by Crippen LogP contribution is 2.28. The minimum Gasteiger partial charge on any atom is -0.497 e. The lowest BCUT2D eigenvalue weighted by molar-refractivity contribution is -0.114. The van der Waals surface area contributed by atoms with Crippen molar-refractivity contribution in [1.82, 2.24) is 0 Å². The van der Waals surface area contributed by atoms with Crippen LogP contribution in [0.25, 0.3) is 0 Å². The largest absolute Gasteiger partial charge is 0.497 e. The van der Waals surface area contributed by atoms with Crippen LogP contribution in [0.1, 0.15) is 0 Å². The molecular formula is C22H22N2O4. The van der Waals surface area contributed by atoms with Crippen molar-refractivity contribution in [2.45, 2.75) is 0 Å². The third kappa shape index (κ3) is 5.17. The van der Waals surface area contributed by atoms with E-state index in [1.54, 1.807) is 56.7 Å². The first-order valence-corrected chi connectivity index (χ1v) is 8.76. The Morgan fingerprint density at radius 3 is 2.18 bits per heavy atom. The van der Waals surface area contributed by atoms with Gasteiger partial charge in [0.2, 0.25) is 5.91 Å². The number of carbonyl (C=O) groups is 1. The fourth-order valence-electron chi connectivity index (χ4n) is 2.56. The first-order valence-electron chi connectivity index (χ1n) is 8.76. The monoisotopic (exact) mass is 378 g/mol. The third-order valence-corrected chi connectivity index (χ3v) is 3.96. The Bertz CT molecular complexity index is 912. The molecule has 0 heterocycles. The van der Waals surface area contributed by atoms with E-state index >= 15 is 0 Å². The number of hydrogen-bond acceptors (Lipinski definition) is 5. The maximum Gasteiger partial charge on any atom is 0.243 e. The summed E-state index contributed by atoms with van der Waals surface area (Å²) in [7, 11) is 3.16. The Kier molecular flexibility index (Phi) is 6.36. The molecule has 1 amide bonds. The summed E-state index contributed by atoms with van der Waals surface area (Å²) < 4.78 is 16.2. The van der Waals surface area contributed by atoms with Gasteiger partial charge in [-0.2, -0.15) is 0 Å². The predicted molar refractivity (Wildman–Crippen MR) is 110 cm³/mol. The number of methoxy groups -OCH3 is 2. The summed E-state index contributed by atoms with van der Waals surface area (Å²) in [4.78, 5) is 12.2. The van der Waals surface area contributed by atoms with Crippen LogP contribution in [-0.2, 0) is 4.79 Å². The Balaban J connectivity index is 1.55. The molecule has 0 spiro atoms. The molecule has 3 aromatic carbocycles. The minimum absolute atomic E-state index is 0.0891. The van der Waals surface area contributed by atoms with E-state index in [2.05, 4.69) is 10.6 Å². The van der Waals surface area contributed by atoms with Crippen LogP contribution in [0.15, 0.2) is 72.8 Å². The molecule has 0 fully saturated rings. The number of anilines is 2. The summed E-state index contributed by atoms with van der Waals surface area (Å²) in [6, 6.07) is 22.1. The van der Waals surface area contributed by atoms with Gasteiger partial charge in [0, 0.05) is 11.8 Å². The standard InChI is InChI=1S/C22H22N2O4/c1-26-19-12-13-21(27-2)20(14-19)23-15-22(25)24-16-8-10-18(11-9-16)28-17-6-4-3-5-7-17/h3-14,23H,15H2,1-2H3,(H,24,25). The van der Waals surface area contributed by atoms with Gasteiger partial charge in [-0.3, -0.25) is 4.79 Å². The molecule has 3 rings (SSSR count). The van der Waals surface area contributed by atoms with E-state index in [1.807, 2.05) is 30.3 Å². The van der Waals surface area contributed by atoms with Gasteiger partial charge < -0.3 is 24.8 Å². The fourth-order valence-corrected chi connectivity index (χ4v) is 2.56. The molecule has 28 heavy (non-hydrogen) atoms. The highest BCUT2D eigenvalue weighted by molar-refractivity contribution is 5.94. The predicted octanol–water partition coefficient (Wildman–Crippen LogP) is 4.55. The van der Waals surface area contributed by atoms with Crippen LogP contribution in [0.4, 0.5) is 11.4 Å². The number of para-hydroxylation sites is 1. The summed E-state index contributed by atoms with van der Waals surface area (Å²) in [5, 5.41) is 5.90. The van der Waals surface area contributed by atoms with Crippen LogP contribution in [0, 0.1) is 0 Å². The van der Waals surface area contributed by atoms with Gasteiger partial charge in [-0.05, 0) is 48.5 Å². The van der Waals surface area contributed by atoms with Crippen molar-refractivity contribution in [3.05, 3.63) is 72.8 Å². The van der Waals surface area contributed by atoms with Crippen molar-refractivity contribution < 1.29 is 19.0 Å². The zero-order valence-electron chi connectivity index (χ0n) is 15.8. The van der Waals surface area contributed by atoms with Gasteiger partial charge in [0.25, 0.3) is 0 Å². The summed E-state index contributed by atoms with van der Waals surface area (Å²) in [6.07, 6.45) is 0. The molecule has 3 aromatic rings. The van der Waals surface area contributed by atoms with Crippen molar-refractivity contribution in [3.8, 4) is 23.0 Å². The van der Waals surface area contributed by atoms with Crippen molar-refractivity contribution >= 4 is 17.3 Å². The molecule has 0 aliphatic rings. The molecule has 6 heteroatoms. The number of ether oxygens (including phenoxy) is 3. The van der Waals surface area contributed by atoms with Crippen LogP contribution < -0.4 is 24.8 Å². The Morgan fingerprint density at radius 2 is 1.50 bits per heavy atom. The molecule has 0 aromatic heterocycles. The maximum absolute atomic E-state index is 12.2. The summed E-state index contributed by atoms with van der Waals surface area (Å²) >= 11 is 0. The molecule has 6 nitrogen and oxygen atoms in total. The number of nitrogens with one attached hydrogen (secondary N) is 2. The Labute approximate surface area is 164 Å². The molecule has 0 unspecified atom stereocenters. The SMILES string of the molecule is COc1ccc(OC)c(NCC(=O)Nc2ccc(Oc3ccccc3)cc2)c1. The van der Waals surface area contributed by atoms with Crippen LogP contribution >= 0.6 is 0 Å². The van der Waals surface area contributed by atoms with Crippen molar-refractivity contribution in [2.75, 3.05) is 31.4 Å². The van der Waals surface area contributed by atoms with Gasteiger partial charge in [0.15, 0.2) is 0 Å². The van der Waals surface area contributed by atoms with Crippen molar-refractivity contribution in [3.63, 3.8) is 0 Å². The van der Waals surface area contributed by atoms with Gasteiger partial charge in [0.1, 0.15) is 23.0 Å². The Morgan fingerprint density at radius 1 is 0.821 bits per heavy atom. The van der Waals surface area contributed by atoms with Crippen molar-refractivity contribution in [2.24, 2.45) is 0 Å². The van der Waals surface area contributed by atoms with E-state index in [0.717, 1.165) is 5.75 Å². The smallest absolute Gasteiger partial charge is 0.243 e. The molecule has 0 saturated heterocycles. The molecule has 144 valence electrons. The number of carbonyl (C=O) groups excluding carboxylic acids is 1. The van der Waals surface area contributed by atoms with E-state index in [9.17, 15) is 4.79 Å². The molecule has 0 aliphatic heterocycles. The minimum atomic E-state index is -0.179. The summed E-state index contributed by atoms with van der Waals surface area (Å²) in [5.41, 5.74) is 1.37. The first kappa shape index (κ1) is 19.1. The van der Waals surface area contributed by atoms with Crippen LogP contribution in [-0.4, -0.2) is 26.7 Å². The second kappa shape index (κ2) is 9.32. The molecule has 0 atom stereocenters. The summed E-state index contributed by atoms with van der Waals surface area (Å²) in [5.74, 6) is 2.59. The normalized spacial score (nSPS) is 10.1. The van der Waals surface area contributed by atoms with Crippen molar-refractivity contribution in [1.29, 1.82) is 0 Å². The number of rotatable bonds is 8. The van der Waals surface area contributed by atoms with Gasteiger partial charge in [-0.1, -0.05) is 18.2 Å². The zero-order valence-corrected chi connectivity index (χ0v) is 15.8. The van der Waals surface area contributed by atoms with Gasteiger partial charge >= 0.3 is 0 Å². The highest BCUT2D eigenvalue weighted by Gasteiger charge is 2.08. The molecule has 0 saturated carbocycles. The number of benzene rings is 3. The molecular weight excluding hydrogens is 356 g/mol. The van der Waals surface area contributed by atoms with E-state index in [0.29, 0.717) is 28.6 Å². The molecule has 0 radical (unpaired) electrons. The van der Waals surface area contributed by atoms with Gasteiger partial charge in [-0.15, -0.1) is 0 Å². The second-order valence-corrected chi connectivity index (χ2v) is 5.91. The van der Waals surface area contributed by atoms with Gasteiger partial charge in [-0.25, -0.2) is 0 Å². The lowest BCUT2D eigenvalue weighted by Crippen LogP contribution is -2.21.